The largest absolute Gasteiger partial charge is 0.508 e. The molecule has 0 bridgehead atoms. The van der Waals surface area contributed by atoms with Gasteiger partial charge in [0.25, 0.3) is 0 Å². The number of para-hydroxylation sites is 1. The summed E-state index contributed by atoms with van der Waals surface area (Å²) in [6.07, 6.45) is -0.306. The highest BCUT2D eigenvalue weighted by atomic mass is 16.6. The number of esters is 1. The van der Waals surface area contributed by atoms with E-state index in [1.165, 1.54) is 17.0 Å². The second-order valence-corrected chi connectivity index (χ2v) is 14.3. The molecule has 0 aliphatic heterocycles. The molecule has 0 aromatic heterocycles. The fourth-order valence-electron chi connectivity index (χ4n) is 5.34. The number of nitrogens with zero attached hydrogens (tertiary/aromatic N) is 1. The third kappa shape index (κ3) is 11.8. The number of nitrogens with one attached hydrogen (secondary N) is 2. The van der Waals surface area contributed by atoms with Gasteiger partial charge < -0.3 is 35.2 Å². The summed E-state index contributed by atoms with van der Waals surface area (Å²) in [6, 6.07) is 16.5. The van der Waals surface area contributed by atoms with E-state index in [0.717, 1.165) is 5.56 Å². The topological polar surface area (TPSA) is 154 Å². The molecule has 11 nitrogen and oxygen atoms in total. The van der Waals surface area contributed by atoms with Crippen LogP contribution in [-0.4, -0.2) is 68.8 Å². The molecule has 3 amide bonds. The molecule has 3 unspecified atom stereocenters. The van der Waals surface area contributed by atoms with Crippen LogP contribution in [-0.2, 0) is 36.7 Å². The summed E-state index contributed by atoms with van der Waals surface area (Å²) in [5.74, 6) is -2.16. The predicted molar refractivity (Wildman–Crippen MR) is 190 cm³/mol. The van der Waals surface area contributed by atoms with Crippen molar-refractivity contribution in [3.05, 3.63) is 95.1 Å². The van der Waals surface area contributed by atoms with Crippen molar-refractivity contribution in [2.75, 3.05) is 6.54 Å². The van der Waals surface area contributed by atoms with Crippen LogP contribution in [0.5, 0.6) is 11.5 Å². The lowest BCUT2D eigenvalue weighted by atomic mass is 9.97. The quantitative estimate of drug-likeness (QED) is 0.162. The summed E-state index contributed by atoms with van der Waals surface area (Å²) >= 11 is 0. The Morgan fingerprint density at radius 3 is 1.90 bits per heavy atom. The van der Waals surface area contributed by atoms with Gasteiger partial charge in [-0.2, -0.15) is 0 Å². The number of phenolic OH excluding ortho intramolecular Hbond substituents is 2. The van der Waals surface area contributed by atoms with Gasteiger partial charge in [-0.15, -0.1) is 0 Å². The third-order valence-corrected chi connectivity index (χ3v) is 7.53. The number of amides is 3. The van der Waals surface area contributed by atoms with Gasteiger partial charge in [-0.3, -0.25) is 9.59 Å². The fourth-order valence-corrected chi connectivity index (χ4v) is 5.34. The van der Waals surface area contributed by atoms with Crippen LogP contribution in [0.3, 0.4) is 0 Å². The van der Waals surface area contributed by atoms with E-state index in [1.54, 1.807) is 78.8 Å². The Kier molecular flexibility index (Phi) is 13.4. The van der Waals surface area contributed by atoms with E-state index in [4.69, 9.17) is 9.47 Å². The first-order valence-corrected chi connectivity index (χ1v) is 16.8. The smallest absolute Gasteiger partial charge is 0.408 e. The standard InChI is InChI=1S/C39H51N3O8/c1-9-22-42(35(46)30(41-37(48)50-39(6,7)8)23-27-18-20-28(43)21-19-27)32(29-17-13-14-25(2)33(29)44)34(45)40-31(36(47)49-38(3,4)5)24-26-15-11-10-12-16-26/h10-21,30-32,43-44H,9,22-24H2,1-8H3,(H,40,45)(H,41,48). The van der Waals surface area contributed by atoms with Gasteiger partial charge in [0.2, 0.25) is 11.8 Å². The second-order valence-electron chi connectivity index (χ2n) is 14.3. The molecule has 3 aromatic rings. The summed E-state index contributed by atoms with van der Waals surface area (Å²) in [6.45, 7) is 13.9. The lowest BCUT2D eigenvalue weighted by molar-refractivity contribution is -0.159. The Labute approximate surface area is 295 Å². The van der Waals surface area contributed by atoms with Gasteiger partial charge in [0.05, 0.1) is 0 Å². The Bertz CT molecular complexity index is 1610. The van der Waals surface area contributed by atoms with Crippen LogP contribution in [0, 0.1) is 6.92 Å². The van der Waals surface area contributed by atoms with Crippen LogP contribution in [0.4, 0.5) is 4.79 Å². The number of hydrogen-bond donors (Lipinski definition) is 4. The number of aromatic hydroxyl groups is 2. The average molecular weight is 690 g/mol. The maximum Gasteiger partial charge on any atom is 0.408 e. The molecule has 0 saturated heterocycles. The van der Waals surface area contributed by atoms with Gasteiger partial charge in [0.1, 0.15) is 40.8 Å². The number of phenols is 2. The minimum absolute atomic E-state index is 0.00124. The summed E-state index contributed by atoms with van der Waals surface area (Å²) in [5.41, 5.74) is 0.322. The maximum absolute atomic E-state index is 14.7. The molecular weight excluding hydrogens is 638 g/mol. The zero-order valence-corrected chi connectivity index (χ0v) is 30.3. The molecule has 0 fully saturated rings. The first-order chi connectivity index (χ1) is 23.4. The Balaban J connectivity index is 2.12. The minimum Gasteiger partial charge on any atom is -0.508 e. The number of carbonyl (C=O) groups is 4. The molecule has 3 atom stereocenters. The predicted octanol–water partition coefficient (Wildman–Crippen LogP) is 5.89. The van der Waals surface area contributed by atoms with Crippen LogP contribution >= 0.6 is 0 Å². The number of alkyl carbamates (subject to hydrolysis) is 1. The summed E-state index contributed by atoms with van der Waals surface area (Å²) in [4.78, 5) is 57.1. The van der Waals surface area contributed by atoms with Gasteiger partial charge in [0.15, 0.2) is 0 Å². The van der Waals surface area contributed by atoms with Crippen molar-refractivity contribution in [2.45, 2.75) is 104 Å². The van der Waals surface area contributed by atoms with Crippen molar-refractivity contribution in [1.82, 2.24) is 15.5 Å². The normalized spacial score (nSPS) is 13.4. The van der Waals surface area contributed by atoms with Gasteiger partial charge in [-0.1, -0.05) is 67.6 Å². The number of carbonyl (C=O) groups excluding carboxylic acids is 4. The van der Waals surface area contributed by atoms with Crippen molar-refractivity contribution < 1.29 is 38.9 Å². The van der Waals surface area contributed by atoms with E-state index in [9.17, 15) is 29.4 Å². The molecule has 0 saturated carbocycles. The zero-order valence-electron chi connectivity index (χ0n) is 30.3. The Morgan fingerprint density at radius 1 is 0.740 bits per heavy atom. The first-order valence-electron chi connectivity index (χ1n) is 16.8. The van der Waals surface area contributed by atoms with Gasteiger partial charge in [0, 0.05) is 24.9 Å². The first kappa shape index (κ1) is 39.4. The monoisotopic (exact) mass is 689 g/mol. The molecular formula is C39H51N3O8. The maximum atomic E-state index is 14.7. The minimum atomic E-state index is -1.41. The second kappa shape index (κ2) is 17.0. The van der Waals surface area contributed by atoms with Crippen molar-refractivity contribution in [2.24, 2.45) is 0 Å². The van der Waals surface area contributed by atoms with Crippen molar-refractivity contribution in [3.8, 4) is 11.5 Å². The summed E-state index contributed by atoms with van der Waals surface area (Å²) in [5, 5.41) is 26.7. The molecule has 4 N–H and O–H groups in total. The van der Waals surface area contributed by atoms with Crippen molar-refractivity contribution in [3.63, 3.8) is 0 Å². The Morgan fingerprint density at radius 2 is 1.32 bits per heavy atom. The van der Waals surface area contributed by atoms with Crippen LogP contribution in [0.1, 0.15) is 83.2 Å². The fraction of sp³-hybridized carbons (Fsp3) is 0.436. The number of rotatable bonds is 13. The lowest BCUT2D eigenvalue weighted by Gasteiger charge is -2.35. The molecule has 11 heteroatoms. The van der Waals surface area contributed by atoms with Crippen LogP contribution < -0.4 is 10.6 Å². The molecule has 0 aliphatic carbocycles. The number of benzene rings is 3. The summed E-state index contributed by atoms with van der Waals surface area (Å²) in [7, 11) is 0. The van der Waals surface area contributed by atoms with Crippen LogP contribution in [0.25, 0.3) is 0 Å². The van der Waals surface area contributed by atoms with E-state index in [2.05, 4.69) is 10.6 Å². The molecule has 0 heterocycles. The van der Waals surface area contributed by atoms with Gasteiger partial charge >= 0.3 is 12.1 Å². The van der Waals surface area contributed by atoms with Gasteiger partial charge in [-0.05, 0) is 83.7 Å². The van der Waals surface area contributed by atoms with E-state index in [0.29, 0.717) is 17.5 Å². The van der Waals surface area contributed by atoms with E-state index in [-0.39, 0.29) is 36.4 Å². The highest BCUT2D eigenvalue weighted by Gasteiger charge is 2.39. The summed E-state index contributed by atoms with van der Waals surface area (Å²) < 4.78 is 11.2. The molecule has 0 aliphatic rings. The van der Waals surface area contributed by atoms with E-state index >= 15 is 0 Å². The van der Waals surface area contributed by atoms with Crippen LogP contribution in [0.2, 0.25) is 0 Å². The SMILES string of the molecule is CCCN(C(=O)C(Cc1ccc(O)cc1)NC(=O)OC(C)(C)C)C(C(=O)NC(Cc1ccccc1)C(=O)OC(C)(C)C)c1cccc(C)c1O. The zero-order chi connectivity index (χ0) is 37.2. The van der Waals surface area contributed by atoms with Gasteiger partial charge in [-0.25, -0.2) is 9.59 Å². The van der Waals surface area contributed by atoms with Crippen molar-refractivity contribution in [1.29, 1.82) is 0 Å². The Hall–Kier alpha value is -5.06. The van der Waals surface area contributed by atoms with E-state index < -0.39 is 53.2 Å². The lowest BCUT2D eigenvalue weighted by Crippen LogP contribution is -2.55. The molecule has 3 rings (SSSR count). The molecule has 0 radical (unpaired) electrons. The van der Waals surface area contributed by atoms with Crippen LogP contribution in [0.15, 0.2) is 72.8 Å². The number of ether oxygens (including phenoxy) is 2. The van der Waals surface area contributed by atoms with E-state index in [1.807, 2.05) is 37.3 Å². The highest BCUT2D eigenvalue weighted by Crippen LogP contribution is 2.33. The average Bonchev–Trinajstić information content (AvgIpc) is 3.01. The molecule has 3 aromatic carbocycles. The number of aryl methyl sites for hydroxylation is 1. The third-order valence-electron chi connectivity index (χ3n) is 7.53. The van der Waals surface area contributed by atoms with Crippen molar-refractivity contribution >= 4 is 23.9 Å². The highest BCUT2D eigenvalue weighted by molar-refractivity contribution is 5.94. The molecule has 270 valence electrons. The number of hydrogen-bond acceptors (Lipinski definition) is 8. The molecule has 0 spiro atoms. The molecule has 50 heavy (non-hydrogen) atoms.